The van der Waals surface area contributed by atoms with Crippen LogP contribution >= 0.6 is 0 Å². The summed E-state index contributed by atoms with van der Waals surface area (Å²) in [7, 11) is -3.39. The standard InChI is InChI=1S/C15H22N2O3S/c1-2-11-16-15(18)10-5-12-3-8-14(9-4-12)21(19,20)17-13-6-7-13/h3-4,8-9,13,17H,2,5-7,10-11H2,1H3,(H,16,18). The highest BCUT2D eigenvalue weighted by atomic mass is 32.2. The average Bonchev–Trinajstić information content (AvgIpc) is 3.26. The van der Waals surface area contributed by atoms with Gasteiger partial charge in [0.2, 0.25) is 15.9 Å². The van der Waals surface area contributed by atoms with Crippen molar-refractivity contribution in [3.63, 3.8) is 0 Å². The zero-order valence-corrected chi connectivity index (χ0v) is 13.1. The van der Waals surface area contributed by atoms with Gasteiger partial charge < -0.3 is 5.32 Å². The fourth-order valence-electron chi connectivity index (χ4n) is 1.93. The summed E-state index contributed by atoms with van der Waals surface area (Å²) in [6.07, 6.45) is 3.80. The molecule has 1 aliphatic carbocycles. The minimum absolute atomic E-state index is 0.0314. The molecule has 0 radical (unpaired) electrons. The topological polar surface area (TPSA) is 75.3 Å². The Kier molecular flexibility index (Phi) is 5.36. The van der Waals surface area contributed by atoms with Crippen molar-refractivity contribution in [2.45, 2.75) is 50.0 Å². The lowest BCUT2D eigenvalue weighted by molar-refractivity contribution is -0.121. The highest BCUT2D eigenvalue weighted by molar-refractivity contribution is 7.89. The smallest absolute Gasteiger partial charge is 0.240 e. The minimum atomic E-state index is -3.39. The van der Waals surface area contributed by atoms with Gasteiger partial charge in [-0.3, -0.25) is 4.79 Å². The lowest BCUT2D eigenvalue weighted by Gasteiger charge is -2.07. The summed E-state index contributed by atoms with van der Waals surface area (Å²) in [6.45, 7) is 2.71. The highest BCUT2D eigenvalue weighted by Gasteiger charge is 2.27. The molecule has 2 rings (SSSR count). The van der Waals surface area contributed by atoms with Crippen molar-refractivity contribution < 1.29 is 13.2 Å². The lowest BCUT2D eigenvalue weighted by Crippen LogP contribution is -2.25. The van der Waals surface area contributed by atoms with Crippen molar-refractivity contribution in [1.82, 2.24) is 10.0 Å². The van der Waals surface area contributed by atoms with Crippen LogP contribution in [0.4, 0.5) is 0 Å². The third-order valence-electron chi connectivity index (χ3n) is 3.35. The van der Waals surface area contributed by atoms with Crippen LogP contribution in [0.1, 0.15) is 38.2 Å². The van der Waals surface area contributed by atoms with Gasteiger partial charge in [0.25, 0.3) is 0 Å². The van der Waals surface area contributed by atoms with Crippen molar-refractivity contribution in [2.75, 3.05) is 6.54 Å². The van der Waals surface area contributed by atoms with E-state index in [9.17, 15) is 13.2 Å². The summed E-state index contributed by atoms with van der Waals surface area (Å²) < 4.78 is 26.7. The largest absolute Gasteiger partial charge is 0.356 e. The van der Waals surface area contributed by atoms with Gasteiger partial charge >= 0.3 is 0 Å². The molecular formula is C15H22N2O3S. The van der Waals surface area contributed by atoms with Crippen LogP contribution in [0.15, 0.2) is 29.2 Å². The maximum absolute atomic E-state index is 12.0. The molecule has 1 amide bonds. The van der Waals surface area contributed by atoms with E-state index in [1.54, 1.807) is 24.3 Å². The van der Waals surface area contributed by atoms with Gasteiger partial charge in [0.15, 0.2) is 0 Å². The fraction of sp³-hybridized carbons (Fsp3) is 0.533. The summed E-state index contributed by atoms with van der Waals surface area (Å²) in [5.41, 5.74) is 0.965. The summed E-state index contributed by atoms with van der Waals surface area (Å²) >= 11 is 0. The van der Waals surface area contributed by atoms with E-state index in [1.165, 1.54) is 0 Å². The van der Waals surface area contributed by atoms with Crippen LogP contribution in [0.2, 0.25) is 0 Å². The Balaban J connectivity index is 1.88. The van der Waals surface area contributed by atoms with Gasteiger partial charge in [-0.2, -0.15) is 0 Å². The quantitative estimate of drug-likeness (QED) is 0.765. The SMILES string of the molecule is CCCNC(=O)CCc1ccc(S(=O)(=O)NC2CC2)cc1. The van der Waals surface area contributed by atoms with Crippen LogP contribution in [0.5, 0.6) is 0 Å². The Hall–Kier alpha value is -1.40. The van der Waals surface area contributed by atoms with Gasteiger partial charge in [0, 0.05) is 19.0 Å². The number of benzene rings is 1. The van der Waals surface area contributed by atoms with Gasteiger partial charge in [-0.15, -0.1) is 0 Å². The molecule has 5 nitrogen and oxygen atoms in total. The molecule has 116 valence electrons. The van der Waals surface area contributed by atoms with Gasteiger partial charge in [-0.25, -0.2) is 13.1 Å². The van der Waals surface area contributed by atoms with E-state index in [2.05, 4.69) is 10.0 Å². The summed E-state index contributed by atoms with van der Waals surface area (Å²) in [4.78, 5) is 11.8. The molecule has 21 heavy (non-hydrogen) atoms. The van der Waals surface area contributed by atoms with Crippen LogP contribution in [0.25, 0.3) is 0 Å². The van der Waals surface area contributed by atoms with E-state index in [-0.39, 0.29) is 16.8 Å². The Morgan fingerprint density at radius 1 is 1.24 bits per heavy atom. The molecule has 2 N–H and O–H groups in total. The predicted molar refractivity (Wildman–Crippen MR) is 81.4 cm³/mol. The molecule has 0 aromatic heterocycles. The molecule has 0 aliphatic heterocycles. The van der Waals surface area contributed by atoms with E-state index in [1.807, 2.05) is 6.92 Å². The number of hydrogen-bond donors (Lipinski definition) is 2. The van der Waals surface area contributed by atoms with E-state index in [0.29, 0.717) is 19.4 Å². The molecule has 1 aromatic carbocycles. The number of hydrogen-bond acceptors (Lipinski definition) is 3. The number of amides is 1. The van der Waals surface area contributed by atoms with E-state index < -0.39 is 10.0 Å². The van der Waals surface area contributed by atoms with Crippen molar-refractivity contribution in [3.05, 3.63) is 29.8 Å². The average molecular weight is 310 g/mol. The lowest BCUT2D eigenvalue weighted by atomic mass is 10.1. The van der Waals surface area contributed by atoms with E-state index in [0.717, 1.165) is 24.8 Å². The molecular weight excluding hydrogens is 288 g/mol. The summed E-state index contributed by atoms with van der Waals surface area (Å²) in [6, 6.07) is 6.86. The Labute approximate surface area is 126 Å². The summed E-state index contributed by atoms with van der Waals surface area (Å²) in [5.74, 6) is 0.0314. The predicted octanol–water partition coefficient (Wildman–Crippen LogP) is 1.59. The van der Waals surface area contributed by atoms with E-state index in [4.69, 9.17) is 0 Å². The molecule has 1 aliphatic rings. The van der Waals surface area contributed by atoms with Crippen molar-refractivity contribution in [1.29, 1.82) is 0 Å². The third-order valence-corrected chi connectivity index (χ3v) is 4.88. The zero-order valence-electron chi connectivity index (χ0n) is 12.3. The molecule has 1 fully saturated rings. The maximum Gasteiger partial charge on any atom is 0.240 e. The second-order valence-corrected chi connectivity index (χ2v) is 7.10. The van der Waals surface area contributed by atoms with Crippen LogP contribution in [-0.2, 0) is 21.2 Å². The zero-order chi connectivity index (χ0) is 15.3. The second-order valence-electron chi connectivity index (χ2n) is 5.39. The summed E-state index contributed by atoms with van der Waals surface area (Å²) in [5, 5.41) is 2.82. The fourth-order valence-corrected chi connectivity index (χ4v) is 3.24. The Bertz CT molecular complexity index is 577. The number of aryl methyl sites for hydroxylation is 1. The number of carbonyl (C=O) groups is 1. The first-order valence-electron chi connectivity index (χ1n) is 7.39. The molecule has 0 atom stereocenters. The normalized spacial score (nSPS) is 14.9. The van der Waals surface area contributed by atoms with Crippen molar-refractivity contribution >= 4 is 15.9 Å². The van der Waals surface area contributed by atoms with Crippen LogP contribution in [0, 0.1) is 0 Å². The van der Waals surface area contributed by atoms with Gasteiger partial charge in [-0.1, -0.05) is 19.1 Å². The molecule has 0 unspecified atom stereocenters. The van der Waals surface area contributed by atoms with Crippen molar-refractivity contribution in [2.24, 2.45) is 0 Å². The van der Waals surface area contributed by atoms with Crippen LogP contribution < -0.4 is 10.0 Å². The monoisotopic (exact) mass is 310 g/mol. The maximum atomic E-state index is 12.0. The molecule has 0 saturated heterocycles. The third kappa shape index (κ3) is 5.13. The molecule has 0 bridgehead atoms. The van der Waals surface area contributed by atoms with Crippen LogP contribution in [0.3, 0.4) is 0 Å². The Morgan fingerprint density at radius 2 is 1.90 bits per heavy atom. The highest BCUT2D eigenvalue weighted by Crippen LogP contribution is 2.22. The number of carbonyl (C=O) groups excluding carboxylic acids is 1. The molecule has 0 heterocycles. The first-order valence-corrected chi connectivity index (χ1v) is 8.87. The molecule has 1 saturated carbocycles. The molecule has 1 aromatic rings. The minimum Gasteiger partial charge on any atom is -0.356 e. The first-order chi connectivity index (χ1) is 10.0. The van der Waals surface area contributed by atoms with Crippen molar-refractivity contribution in [3.8, 4) is 0 Å². The second kappa shape index (κ2) is 7.04. The van der Waals surface area contributed by atoms with Gasteiger partial charge in [0.05, 0.1) is 4.90 Å². The number of rotatable bonds is 8. The number of nitrogens with one attached hydrogen (secondary N) is 2. The first kappa shape index (κ1) is 16.0. The van der Waals surface area contributed by atoms with Gasteiger partial charge in [0.1, 0.15) is 0 Å². The van der Waals surface area contributed by atoms with E-state index >= 15 is 0 Å². The Morgan fingerprint density at radius 3 is 2.48 bits per heavy atom. The van der Waals surface area contributed by atoms with Gasteiger partial charge in [-0.05, 0) is 43.4 Å². The molecule has 6 heteroatoms. The van der Waals surface area contributed by atoms with Crippen LogP contribution in [-0.4, -0.2) is 26.9 Å². The molecule has 0 spiro atoms. The number of sulfonamides is 1.